The van der Waals surface area contributed by atoms with Gasteiger partial charge >= 0.3 is 6.09 Å². The Kier molecular flexibility index (Phi) is 4.21. The summed E-state index contributed by atoms with van der Waals surface area (Å²) in [7, 11) is 0. The van der Waals surface area contributed by atoms with Crippen molar-refractivity contribution >= 4 is 11.8 Å². The average Bonchev–Trinajstić information content (AvgIpc) is 2.79. The van der Waals surface area contributed by atoms with Crippen LogP contribution in [0.1, 0.15) is 32.8 Å². The Hall–Kier alpha value is -1.71. The fourth-order valence-corrected chi connectivity index (χ4v) is 2.26. The highest BCUT2D eigenvalue weighted by molar-refractivity contribution is 5.68. The number of hydrogen-bond donors (Lipinski definition) is 1. The number of ether oxygens (including phenoxy) is 1. The van der Waals surface area contributed by atoms with Gasteiger partial charge in [-0.3, -0.25) is 0 Å². The van der Waals surface area contributed by atoms with Crippen LogP contribution >= 0.6 is 0 Å². The van der Waals surface area contributed by atoms with Crippen LogP contribution in [-0.2, 0) is 4.74 Å². The number of benzene rings is 1. The molecule has 1 N–H and O–H groups in total. The van der Waals surface area contributed by atoms with Gasteiger partial charge in [0.2, 0.25) is 0 Å². The summed E-state index contributed by atoms with van der Waals surface area (Å²) in [4.78, 5) is 13.8. The molecule has 0 spiro atoms. The van der Waals surface area contributed by atoms with Gasteiger partial charge in [-0.25, -0.2) is 4.79 Å². The summed E-state index contributed by atoms with van der Waals surface area (Å²) in [6.07, 6.45) is 0.735. The van der Waals surface area contributed by atoms with Crippen LogP contribution in [0.25, 0.3) is 0 Å². The van der Waals surface area contributed by atoms with E-state index < -0.39 is 5.60 Å². The molecule has 1 aromatic rings. The number of amides is 1. The Morgan fingerprint density at radius 2 is 1.95 bits per heavy atom. The van der Waals surface area contributed by atoms with E-state index in [-0.39, 0.29) is 6.09 Å². The molecule has 1 aliphatic rings. The molecular formula is C16H24N2O2. The molecule has 1 heterocycles. The van der Waals surface area contributed by atoms with Crippen molar-refractivity contribution in [2.45, 2.75) is 45.8 Å². The molecule has 1 atom stereocenters. The first-order valence-corrected chi connectivity index (χ1v) is 7.14. The Balaban J connectivity index is 1.86. The van der Waals surface area contributed by atoms with E-state index in [2.05, 4.69) is 36.5 Å². The minimum absolute atomic E-state index is 0.217. The number of hydrogen-bond acceptors (Lipinski definition) is 3. The van der Waals surface area contributed by atoms with Crippen molar-refractivity contribution in [2.24, 2.45) is 0 Å². The van der Waals surface area contributed by atoms with Crippen molar-refractivity contribution in [1.82, 2.24) is 4.90 Å². The van der Waals surface area contributed by atoms with Gasteiger partial charge in [-0.1, -0.05) is 17.7 Å². The van der Waals surface area contributed by atoms with Gasteiger partial charge in [0.15, 0.2) is 0 Å². The molecule has 1 saturated heterocycles. The van der Waals surface area contributed by atoms with E-state index >= 15 is 0 Å². The highest BCUT2D eigenvalue weighted by atomic mass is 16.6. The Morgan fingerprint density at radius 3 is 2.55 bits per heavy atom. The van der Waals surface area contributed by atoms with Gasteiger partial charge in [0.1, 0.15) is 5.60 Å². The lowest BCUT2D eigenvalue weighted by atomic mass is 10.2. The van der Waals surface area contributed by atoms with Crippen molar-refractivity contribution in [1.29, 1.82) is 0 Å². The second-order valence-electron chi connectivity index (χ2n) is 6.42. The van der Waals surface area contributed by atoms with Crippen LogP contribution in [0.2, 0.25) is 0 Å². The zero-order chi connectivity index (χ0) is 14.8. The van der Waals surface area contributed by atoms with Crippen LogP contribution in [0.4, 0.5) is 10.5 Å². The summed E-state index contributed by atoms with van der Waals surface area (Å²) in [6.45, 7) is 9.19. The topological polar surface area (TPSA) is 41.6 Å². The van der Waals surface area contributed by atoms with Crippen LogP contribution < -0.4 is 5.32 Å². The minimum atomic E-state index is -0.431. The molecule has 0 radical (unpaired) electrons. The van der Waals surface area contributed by atoms with Crippen molar-refractivity contribution in [3.63, 3.8) is 0 Å². The number of nitrogens with one attached hydrogen (secondary N) is 1. The fraction of sp³-hybridized carbons (Fsp3) is 0.562. The van der Waals surface area contributed by atoms with Crippen LogP contribution in [0.15, 0.2) is 24.3 Å². The molecule has 1 amide bonds. The van der Waals surface area contributed by atoms with Gasteiger partial charge in [-0.05, 0) is 46.2 Å². The number of nitrogens with zero attached hydrogens (tertiary/aromatic N) is 1. The molecule has 1 unspecified atom stereocenters. The number of aryl methyl sites for hydroxylation is 1. The molecule has 20 heavy (non-hydrogen) atoms. The summed E-state index contributed by atoms with van der Waals surface area (Å²) in [5.74, 6) is 0. The first kappa shape index (κ1) is 14.7. The average molecular weight is 276 g/mol. The van der Waals surface area contributed by atoms with E-state index in [0.717, 1.165) is 18.7 Å². The Labute approximate surface area is 121 Å². The third kappa shape index (κ3) is 4.15. The second kappa shape index (κ2) is 5.73. The van der Waals surface area contributed by atoms with Gasteiger partial charge in [0.05, 0.1) is 0 Å². The van der Waals surface area contributed by atoms with Crippen molar-refractivity contribution in [2.75, 3.05) is 18.4 Å². The summed E-state index contributed by atoms with van der Waals surface area (Å²) >= 11 is 0. The Bertz CT molecular complexity index is 462. The van der Waals surface area contributed by atoms with E-state index in [1.807, 2.05) is 20.8 Å². The summed E-state index contributed by atoms with van der Waals surface area (Å²) in [6, 6.07) is 8.62. The van der Waals surface area contributed by atoms with Gasteiger partial charge in [-0.15, -0.1) is 0 Å². The zero-order valence-electron chi connectivity index (χ0n) is 12.8. The molecule has 1 aromatic carbocycles. The molecular weight excluding hydrogens is 252 g/mol. The summed E-state index contributed by atoms with van der Waals surface area (Å²) in [5, 5.41) is 3.47. The van der Waals surface area contributed by atoms with Crippen LogP contribution in [-0.4, -0.2) is 35.7 Å². The maximum absolute atomic E-state index is 12.0. The highest BCUT2D eigenvalue weighted by Gasteiger charge is 2.29. The second-order valence-corrected chi connectivity index (χ2v) is 6.42. The molecule has 0 bridgehead atoms. The van der Waals surface area contributed by atoms with E-state index in [9.17, 15) is 4.79 Å². The third-order valence-corrected chi connectivity index (χ3v) is 3.26. The van der Waals surface area contributed by atoms with Gasteiger partial charge in [0.25, 0.3) is 0 Å². The first-order valence-electron chi connectivity index (χ1n) is 7.14. The molecule has 4 heteroatoms. The minimum Gasteiger partial charge on any atom is -0.444 e. The van der Waals surface area contributed by atoms with Gasteiger partial charge in [-0.2, -0.15) is 0 Å². The molecule has 4 nitrogen and oxygen atoms in total. The smallest absolute Gasteiger partial charge is 0.410 e. The maximum atomic E-state index is 12.0. The van der Waals surface area contributed by atoms with Gasteiger partial charge in [0, 0.05) is 24.8 Å². The fourth-order valence-electron chi connectivity index (χ4n) is 2.26. The molecule has 1 aliphatic heterocycles. The number of rotatable bonds is 2. The van der Waals surface area contributed by atoms with Crippen LogP contribution in [0.3, 0.4) is 0 Å². The summed E-state index contributed by atoms with van der Waals surface area (Å²) < 4.78 is 5.40. The van der Waals surface area contributed by atoms with E-state index in [1.165, 1.54) is 5.56 Å². The first-order chi connectivity index (χ1) is 9.33. The molecule has 0 saturated carbocycles. The van der Waals surface area contributed by atoms with E-state index in [0.29, 0.717) is 12.6 Å². The predicted molar refractivity (Wildman–Crippen MR) is 81.0 cm³/mol. The van der Waals surface area contributed by atoms with Gasteiger partial charge < -0.3 is 15.0 Å². The molecule has 0 aromatic heterocycles. The van der Waals surface area contributed by atoms with Crippen LogP contribution in [0.5, 0.6) is 0 Å². The standard InChI is InChI=1S/C16H24N2O2/c1-12-5-7-13(8-6-12)17-14-9-10-18(11-14)15(19)20-16(2,3)4/h5-8,14,17H,9-11H2,1-4H3. The Morgan fingerprint density at radius 1 is 1.30 bits per heavy atom. The maximum Gasteiger partial charge on any atom is 0.410 e. The molecule has 110 valence electrons. The zero-order valence-corrected chi connectivity index (χ0v) is 12.8. The number of likely N-dealkylation sites (tertiary alicyclic amines) is 1. The molecule has 0 aliphatic carbocycles. The van der Waals surface area contributed by atoms with Crippen LogP contribution in [0, 0.1) is 6.92 Å². The monoisotopic (exact) mass is 276 g/mol. The SMILES string of the molecule is Cc1ccc(NC2CCN(C(=O)OC(C)(C)C)C2)cc1. The van der Waals surface area contributed by atoms with Crippen molar-refractivity contribution in [3.8, 4) is 0 Å². The lowest BCUT2D eigenvalue weighted by Gasteiger charge is -2.24. The predicted octanol–water partition coefficient (Wildman–Crippen LogP) is 3.42. The largest absolute Gasteiger partial charge is 0.444 e. The van der Waals surface area contributed by atoms with Crippen molar-refractivity contribution in [3.05, 3.63) is 29.8 Å². The van der Waals surface area contributed by atoms with E-state index in [4.69, 9.17) is 4.74 Å². The van der Waals surface area contributed by atoms with Crippen molar-refractivity contribution < 1.29 is 9.53 Å². The lowest BCUT2D eigenvalue weighted by Crippen LogP contribution is -2.36. The van der Waals surface area contributed by atoms with E-state index in [1.54, 1.807) is 4.90 Å². The number of carbonyl (C=O) groups excluding carboxylic acids is 1. The molecule has 1 fully saturated rings. The third-order valence-electron chi connectivity index (χ3n) is 3.26. The lowest BCUT2D eigenvalue weighted by molar-refractivity contribution is 0.0293. The normalized spacial score (nSPS) is 19.0. The number of carbonyl (C=O) groups is 1. The highest BCUT2D eigenvalue weighted by Crippen LogP contribution is 2.19. The quantitative estimate of drug-likeness (QED) is 0.900. The number of anilines is 1. The summed E-state index contributed by atoms with van der Waals surface area (Å²) in [5.41, 5.74) is 1.92. The molecule has 2 rings (SSSR count).